The number of fused-ring (bicyclic) bond motifs is 5. The highest BCUT2D eigenvalue weighted by molar-refractivity contribution is 5.93. The Hall–Kier alpha value is -7.10. The molecule has 5 atom stereocenters. The molecule has 4 N–H and O–H groups in total. The van der Waals surface area contributed by atoms with Gasteiger partial charge in [0.25, 0.3) is 0 Å². The molecule has 2 fully saturated rings. The number of nitrogens with zero attached hydrogens (tertiary/aromatic N) is 5. The number of H-pyrrole nitrogens is 2. The number of aromatic nitrogens is 5. The van der Waals surface area contributed by atoms with E-state index in [0.29, 0.717) is 24.7 Å². The van der Waals surface area contributed by atoms with E-state index in [1.807, 2.05) is 68.0 Å². The number of hydrogen-bond acceptors (Lipinski definition) is 9. The number of methoxy groups -OCH3 is 2. The molecule has 3 aromatic heterocycles. The number of ether oxygens (including phenoxy) is 3. The largest absolute Gasteiger partial charge is 0.465 e. The Bertz CT molecular complexity index is 2740. The van der Waals surface area contributed by atoms with Crippen molar-refractivity contribution in [3.8, 4) is 39.5 Å². The Kier molecular flexibility index (Phi) is 11.8. The van der Waals surface area contributed by atoms with Crippen LogP contribution in [-0.4, -0.2) is 97.7 Å². The van der Waals surface area contributed by atoms with Gasteiger partial charge >= 0.3 is 12.2 Å². The number of rotatable bonds is 11. The number of nitrogens with one attached hydrogen (secondary N) is 4. The number of aromatic amines is 2. The van der Waals surface area contributed by atoms with Crippen molar-refractivity contribution < 1.29 is 33.4 Å². The van der Waals surface area contributed by atoms with Gasteiger partial charge in [-0.25, -0.2) is 19.6 Å². The molecule has 16 nitrogen and oxygen atoms in total. The average molecular weight is 882 g/mol. The molecule has 2 saturated heterocycles. The van der Waals surface area contributed by atoms with Crippen molar-refractivity contribution in [1.29, 1.82) is 0 Å². The Balaban J connectivity index is 1.00. The number of amides is 4. The molecule has 338 valence electrons. The van der Waals surface area contributed by atoms with Crippen molar-refractivity contribution in [3.05, 3.63) is 102 Å². The molecule has 0 radical (unpaired) electrons. The topological polar surface area (TPSA) is 189 Å². The zero-order chi connectivity index (χ0) is 45.5. The summed E-state index contributed by atoms with van der Waals surface area (Å²) in [5.74, 6) is 1.55. The first-order valence-electron chi connectivity index (χ1n) is 22.4. The Morgan fingerprint density at radius 2 is 1.25 bits per heavy atom. The quantitative estimate of drug-likeness (QED) is 0.0997. The summed E-state index contributed by atoms with van der Waals surface area (Å²) < 4.78 is 18.8. The van der Waals surface area contributed by atoms with Crippen LogP contribution in [0.3, 0.4) is 0 Å². The van der Waals surface area contributed by atoms with Gasteiger partial charge in [0, 0.05) is 40.7 Å². The molecule has 4 unspecified atom stereocenters. The normalized spacial score (nSPS) is 18.9. The summed E-state index contributed by atoms with van der Waals surface area (Å²) in [6.07, 6.45) is 5.05. The lowest BCUT2D eigenvalue weighted by Gasteiger charge is -2.30. The molecule has 0 spiro atoms. The maximum atomic E-state index is 13.8. The van der Waals surface area contributed by atoms with Gasteiger partial charge in [-0.05, 0) is 67.9 Å². The summed E-state index contributed by atoms with van der Waals surface area (Å²) in [6, 6.07) is 22.9. The van der Waals surface area contributed by atoms with Gasteiger partial charge in [-0.3, -0.25) is 9.59 Å². The SMILES string of the molecule is COC(=O)NC(C(=O)N1CCCC1c1ncc(-c2ccc3c(c2)O[C@@H](c2ccccc2)n2c-3cc3cc(-c4cnc(C5CCCN5C(=O)C(NC(=O)OC)C(C)C)[nH]4)ccc32)[nH]1)C(C)C. The minimum Gasteiger partial charge on any atom is -0.465 e. The Morgan fingerprint density at radius 3 is 1.78 bits per heavy atom. The van der Waals surface area contributed by atoms with Crippen LogP contribution in [0.1, 0.15) is 88.9 Å². The van der Waals surface area contributed by atoms with Gasteiger partial charge in [0.05, 0.1) is 61.3 Å². The maximum absolute atomic E-state index is 13.8. The van der Waals surface area contributed by atoms with Crippen molar-refractivity contribution in [2.24, 2.45) is 11.8 Å². The van der Waals surface area contributed by atoms with Gasteiger partial charge in [-0.2, -0.15) is 0 Å². The highest BCUT2D eigenvalue weighted by atomic mass is 16.5. The second kappa shape index (κ2) is 17.8. The number of likely N-dealkylation sites (tertiary alicyclic amines) is 2. The third kappa shape index (κ3) is 8.17. The van der Waals surface area contributed by atoms with E-state index in [4.69, 9.17) is 24.2 Å². The summed E-state index contributed by atoms with van der Waals surface area (Å²) in [7, 11) is 2.58. The van der Waals surface area contributed by atoms with Crippen LogP contribution in [0.15, 0.2) is 85.2 Å². The summed E-state index contributed by atoms with van der Waals surface area (Å²) in [6.45, 7) is 8.75. The fourth-order valence-corrected chi connectivity index (χ4v) is 9.56. The first kappa shape index (κ1) is 43.2. The van der Waals surface area contributed by atoms with Gasteiger partial charge in [0.15, 0.2) is 0 Å². The molecule has 0 bridgehead atoms. The maximum Gasteiger partial charge on any atom is 0.407 e. The van der Waals surface area contributed by atoms with E-state index in [1.54, 1.807) is 6.20 Å². The van der Waals surface area contributed by atoms with E-state index in [0.717, 1.165) is 81.7 Å². The van der Waals surface area contributed by atoms with E-state index in [-0.39, 0.29) is 35.7 Å². The fourth-order valence-electron chi connectivity index (χ4n) is 9.56. The van der Waals surface area contributed by atoms with Gasteiger partial charge in [-0.1, -0.05) is 70.2 Å². The number of hydrogen-bond donors (Lipinski definition) is 4. The van der Waals surface area contributed by atoms with E-state index in [1.165, 1.54) is 14.2 Å². The highest BCUT2D eigenvalue weighted by Crippen LogP contribution is 2.46. The first-order valence-corrected chi connectivity index (χ1v) is 22.4. The van der Waals surface area contributed by atoms with Crippen LogP contribution in [0.2, 0.25) is 0 Å². The lowest BCUT2D eigenvalue weighted by molar-refractivity contribution is -0.136. The predicted octanol–water partition coefficient (Wildman–Crippen LogP) is 8.12. The highest BCUT2D eigenvalue weighted by Gasteiger charge is 2.39. The molecule has 9 rings (SSSR count). The molecular weight excluding hydrogens is 827 g/mol. The van der Waals surface area contributed by atoms with Crippen molar-refractivity contribution in [2.45, 2.75) is 83.8 Å². The van der Waals surface area contributed by atoms with E-state index < -0.39 is 30.5 Å². The Morgan fingerprint density at radius 1 is 0.708 bits per heavy atom. The average Bonchev–Trinajstić information content (AvgIpc) is 4.18. The van der Waals surface area contributed by atoms with Crippen LogP contribution in [0, 0.1) is 11.8 Å². The van der Waals surface area contributed by atoms with Crippen molar-refractivity contribution in [2.75, 3.05) is 27.3 Å². The molecule has 65 heavy (non-hydrogen) atoms. The molecule has 3 aliphatic rings. The van der Waals surface area contributed by atoms with Crippen LogP contribution in [0.4, 0.5) is 9.59 Å². The van der Waals surface area contributed by atoms with Crippen LogP contribution in [0.25, 0.3) is 44.7 Å². The third-order valence-corrected chi connectivity index (χ3v) is 13.0. The molecule has 6 heterocycles. The predicted molar refractivity (Wildman–Crippen MR) is 243 cm³/mol. The van der Waals surface area contributed by atoms with E-state index in [2.05, 4.69) is 73.7 Å². The summed E-state index contributed by atoms with van der Waals surface area (Å²) in [5, 5.41) is 6.46. The monoisotopic (exact) mass is 881 g/mol. The molecule has 4 amide bonds. The second-order valence-electron chi connectivity index (χ2n) is 17.7. The number of carbonyl (C=O) groups is 4. The molecule has 6 aromatic rings. The third-order valence-electron chi connectivity index (χ3n) is 13.0. The van der Waals surface area contributed by atoms with Crippen LogP contribution in [-0.2, 0) is 19.1 Å². The molecule has 0 saturated carbocycles. The number of alkyl carbamates (subject to hydrolysis) is 2. The van der Waals surface area contributed by atoms with E-state index >= 15 is 0 Å². The zero-order valence-electron chi connectivity index (χ0n) is 37.5. The number of benzene rings is 3. The zero-order valence-corrected chi connectivity index (χ0v) is 37.5. The molecule has 16 heteroatoms. The second-order valence-corrected chi connectivity index (χ2v) is 17.7. The van der Waals surface area contributed by atoms with Crippen molar-refractivity contribution in [1.82, 2.24) is 44.9 Å². The lowest BCUT2D eigenvalue weighted by atomic mass is 10.0. The van der Waals surface area contributed by atoms with Crippen molar-refractivity contribution in [3.63, 3.8) is 0 Å². The molecule has 0 aliphatic carbocycles. The lowest BCUT2D eigenvalue weighted by Crippen LogP contribution is -2.51. The van der Waals surface area contributed by atoms with Gasteiger partial charge in [0.1, 0.15) is 29.5 Å². The minimum atomic E-state index is -0.720. The van der Waals surface area contributed by atoms with Crippen LogP contribution in [0.5, 0.6) is 5.75 Å². The summed E-state index contributed by atoms with van der Waals surface area (Å²) >= 11 is 0. The molecule has 3 aliphatic heterocycles. The van der Waals surface area contributed by atoms with E-state index in [9.17, 15) is 19.2 Å². The van der Waals surface area contributed by atoms with Gasteiger partial charge < -0.3 is 49.2 Å². The van der Waals surface area contributed by atoms with Gasteiger partial charge in [-0.15, -0.1) is 0 Å². The summed E-state index contributed by atoms with van der Waals surface area (Å²) in [4.78, 5) is 72.0. The minimum absolute atomic E-state index is 0.128. The van der Waals surface area contributed by atoms with Gasteiger partial charge in [0.2, 0.25) is 18.0 Å². The number of imidazole rings is 2. The molecule has 3 aromatic carbocycles. The molecular formula is C49H55N9O7. The van der Waals surface area contributed by atoms with Crippen molar-refractivity contribution >= 4 is 34.9 Å². The first-order chi connectivity index (χ1) is 31.4. The number of carbonyl (C=O) groups excluding carboxylic acids is 4. The van der Waals surface area contributed by atoms with Crippen LogP contribution < -0.4 is 15.4 Å². The standard InChI is InChI=1S/C49H55N9O7/c1-27(2)41(54-48(61)63-5)45(59)56-20-10-14-37(56)43-50-25-34(52-43)30-17-19-36-32(22-30)23-39-33-18-16-31(24-40(33)65-47(58(36)39)29-12-8-7-9-13-29)35-26-51-44(53-35)38-15-11-21-57(38)46(60)42(28(3)4)55-49(62)64-6/h7-9,12-13,16-19,22-28,37-38,41-42,47H,10-11,14-15,20-21H2,1-6H3,(H,50,52)(H,51,53)(H,54,61)(H,55,62)/t37?,38?,41?,42?,47-/m0/s1. The fraction of sp³-hybridized carbons (Fsp3) is 0.388. The smallest absolute Gasteiger partial charge is 0.407 e. The summed E-state index contributed by atoms with van der Waals surface area (Å²) in [5.41, 5.74) is 7.43. The Labute approximate surface area is 377 Å². The van der Waals surface area contributed by atoms with Crippen LogP contribution >= 0.6 is 0 Å².